The lowest BCUT2D eigenvalue weighted by atomic mass is 10.1. The number of nitrogens with zero attached hydrogens (tertiary/aromatic N) is 3. The molecule has 1 aromatic carbocycles. The van der Waals surface area contributed by atoms with E-state index >= 15 is 0 Å². The van der Waals surface area contributed by atoms with Crippen molar-refractivity contribution >= 4 is 0 Å². The minimum absolute atomic E-state index is 0.419. The first kappa shape index (κ1) is 11.0. The smallest absolute Gasteiger partial charge is 0.140 e. The summed E-state index contributed by atoms with van der Waals surface area (Å²) >= 11 is 0. The average molecular weight is 237 g/mol. The van der Waals surface area contributed by atoms with Crippen molar-refractivity contribution in [1.29, 1.82) is 5.26 Å². The monoisotopic (exact) mass is 237 g/mol. The van der Waals surface area contributed by atoms with Crippen LogP contribution in [0.2, 0.25) is 0 Å². The molecule has 0 fully saturated rings. The number of rotatable bonds is 2. The Hall–Kier alpha value is -2.08. The lowest BCUT2D eigenvalue weighted by Gasteiger charge is -2.17. The second-order valence-corrected chi connectivity index (χ2v) is 4.64. The highest BCUT2D eigenvalue weighted by Gasteiger charge is 2.20. The van der Waals surface area contributed by atoms with E-state index in [1.165, 1.54) is 18.5 Å². The molecule has 1 aliphatic heterocycles. The molecule has 2 heterocycles. The van der Waals surface area contributed by atoms with E-state index in [0.717, 1.165) is 30.0 Å². The quantitative estimate of drug-likeness (QED) is 0.805. The molecular weight excluding hydrogens is 222 g/mol. The number of nitriles is 1. The first-order chi connectivity index (χ1) is 8.90. The van der Waals surface area contributed by atoms with Gasteiger partial charge in [-0.15, -0.1) is 0 Å². The van der Waals surface area contributed by atoms with Crippen LogP contribution in [0.5, 0.6) is 0 Å². The first-order valence-electron chi connectivity index (χ1n) is 6.41. The highest BCUT2D eigenvalue weighted by atomic mass is 15.1. The van der Waals surface area contributed by atoms with E-state index in [1.54, 1.807) is 0 Å². The molecule has 0 aliphatic carbocycles. The molecular formula is C15H15N3. The third-order valence-corrected chi connectivity index (χ3v) is 3.48. The molecule has 3 rings (SSSR count). The van der Waals surface area contributed by atoms with Crippen LogP contribution in [-0.4, -0.2) is 9.55 Å². The Balaban J connectivity index is 2.13. The summed E-state index contributed by atoms with van der Waals surface area (Å²) in [4.78, 5) is 4.69. The third kappa shape index (κ3) is 1.80. The summed E-state index contributed by atoms with van der Waals surface area (Å²) in [5, 5.41) is 8.90. The van der Waals surface area contributed by atoms with Crippen LogP contribution in [-0.2, 0) is 19.4 Å². The van der Waals surface area contributed by atoms with Gasteiger partial charge >= 0.3 is 0 Å². The highest BCUT2D eigenvalue weighted by Crippen LogP contribution is 2.27. The fourth-order valence-corrected chi connectivity index (χ4v) is 2.64. The zero-order valence-electron chi connectivity index (χ0n) is 10.3. The Bertz CT molecular complexity index is 590. The van der Waals surface area contributed by atoms with Crippen LogP contribution in [0.3, 0.4) is 0 Å². The molecule has 18 heavy (non-hydrogen) atoms. The third-order valence-electron chi connectivity index (χ3n) is 3.48. The number of hydrogen-bond acceptors (Lipinski definition) is 2. The number of hydrogen-bond donors (Lipinski definition) is 0. The zero-order chi connectivity index (χ0) is 12.4. The van der Waals surface area contributed by atoms with Crippen molar-refractivity contribution in [2.75, 3.05) is 0 Å². The highest BCUT2D eigenvalue weighted by molar-refractivity contribution is 5.57. The van der Waals surface area contributed by atoms with Crippen LogP contribution in [0, 0.1) is 11.3 Å². The normalized spacial score (nSPS) is 13.9. The van der Waals surface area contributed by atoms with Gasteiger partial charge in [-0.25, -0.2) is 4.98 Å². The Morgan fingerprint density at radius 3 is 2.83 bits per heavy atom. The maximum Gasteiger partial charge on any atom is 0.140 e. The molecule has 0 N–H and O–H groups in total. The van der Waals surface area contributed by atoms with Gasteiger partial charge in [0.05, 0.1) is 18.2 Å². The average Bonchev–Trinajstić information content (AvgIpc) is 2.80. The predicted molar refractivity (Wildman–Crippen MR) is 69.9 cm³/mol. The van der Waals surface area contributed by atoms with E-state index in [2.05, 4.69) is 22.8 Å². The van der Waals surface area contributed by atoms with Crippen molar-refractivity contribution in [3.05, 3.63) is 41.7 Å². The van der Waals surface area contributed by atoms with Crippen molar-refractivity contribution in [1.82, 2.24) is 9.55 Å². The van der Waals surface area contributed by atoms with E-state index in [-0.39, 0.29) is 0 Å². The van der Waals surface area contributed by atoms with Gasteiger partial charge in [-0.3, -0.25) is 0 Å². The van der Waals surface area contributed by atoms with E-state index < -0.39 is 0 Å². The molecule has 0 unspecified atom stereocenters. The first-order valence-corrected chi connectivity index (χ1v) is 6.41. The minimum atomic E-state index is 0.419. The summed E-state index contributed by atoms with van der Waals surface area (Å²) in [5.41, 5.74) is 3.38. The van der Waals surface area contributed by atoms with Gasteiger partial charge in [0.1, 0.15) is 5.82 Å². The molecule has 0 saturated carbocycles. The standard InChI is InChI=1S/C15H15N3/c16-10-9-13-14-8-4-5-11-18(14)15(17-13)12-6-2-1-3-7-12/h1-3,6-7H,4-5,8-9,11H2. The van der Waals surface area contributed by atoms with Gasteiger partial charge in [0.15, 0.2) is 0 Å². The molecule has 0 bridgehead atoms. The van der Waals surface area contributed by atoms with Crippen molar-refractivity contribution in [2.45, 2.75) is 32.2 Å². The van der Waals surface area contributed by atoms with Crippen LogP contribution in [0.1, 0.15) is 24.2 Å². The van der Waals surface area contributed by atoms with Crippen LogP contribution in [0.4, 0.5) is 0 Å². The lowest BCUT2D eigenvalue weighted by molar-refractivity contribution is 0.534. The van der Waals surface area contributed by atoms with Crippen LogP contribution >= 0.6 is 0 Å². The largest absolute Gasteiger partial charge is 0.328 e. The Morgan fingerprint density at radius 1 is 1.22 bits per heavy atom. The van der Waals surface area contributed by atoms with Crippen molar-refractivity contribution in [3.8, 4) is 17.5 Å². The molecule has 3 heteroatoms. The molecule has 0 spiro atoms. The van der Waals surface area contributed by atoms with E-state index in [9.17, 15) is 0 Å². The van der Waals surface area contributed by atoms with Crippen LogP contribution in [0.25, 0.3) is 11.4 Å². The maximum absolute atomic E-state index is 8.90. The summed E-state index contributed by atoms with van der Waals surface area (Å²) in [6.45, 7) is 1.03. The number of imidazole rings is 1. The molecule has 0 atom stereocenters. The van der Waals surface area contributed by atoms with Crippen LogP contribution < -0.4 is 0 Å². The summed E-state index contributed by atoms with van der Waals surface area (Å²) in [7, 11) is 0. The van der Waals surface area contributed by atoms with Gasteiger partial charge in [-0.05, 0) is 19.3 Å². The van der Waals surface area contributed by atoms with Gasteiger partial charge in [-0.2, -0.15) is 5.26 Å². The van der Waals surface area contributed by atoms with Crippen LogP contribution in [0.15, 0.2) is 30.3 Å². The van der Waals surface area contributed by atoms with E-state index in [0.29, 0.717) is 6.42 Å². The lowest BCUT2D eigenvalue weighted by Crippen LogP contribution is -2.11. The molecule has 90 valence electrons. The Kier molecular flexibility index (Phi) is 2.85. The molecule has 0 radical (unpaired) electrons. The van der Waals surface area contributed by atoms with Crippen molar-refractivity contribution in [3.63, 3.8) is 0 Å². The Morgan fingerprint density at radius 2 is 2.06 bits per heavy atom. The molecule has 1 aromatic heterocycles. The van der Waals surface area contributed by atoms with Crippen molar-refractivity contribution in [2.24, 2.45) is 0 Å². The van der Waals surface area contributed by atoms with Gasteiger partial charge < -0.3 is 4.57 Å². The molecule has 1 aliphatic rings. The summed E-state index contributed by atoms with van der Waals surface area (Å²) < 4.78 is 2.30. The minimum Gasteiger partial charge on any atom is -0.328 e. The number of fused-ring (bicyclic) bond motifs is 1. The van der Waals surface area contributed by atoms with Crippen molar-refractivity contribution < 1.29 is 0 Å². The molecule has 2 aromatic rings. The second kappa shape index (κ2) is 4.66. The number of aromatic nitrogens is 2. The maximum atomic E-state index is 8.90. The summed E-state index contributed by atoms with van der Waals surface area (Å²) in [6.07, 6.45) is 3.88. The molecule has 3 nitrogen and oxygen atoms in total. The fraction of sp³-hybridized carbons (Fsp3) is 0.333. The van der Waals surface area contributed by atoms with Gasteiger partial charge in [0, 0.05) is 17.8 Å². The fourth-order valence-electron chi connectivity index (χ4n) is 2.64. The summed E-state index contributed by atoms with van der Waals surface area (Å²) in [5.74, 6) is 1.02. The topological polar surface area (TPSA) is 41.6 Å². The number of benzene rings is 1. The van der Waals surface area contributed by atoms with Gasteiger partial charge in [0.2, 0.25) is 0 Å². The zero-order valence-corrected chi connectivity index (χ0v) is 10.3. The predicted octanol–water partition coefficient (Wildman–Crippen LogP) is 2.95. The SMILES string of the molecule is N#CCc1nc(-c2ccccc2)n2c1CCCC2. The molecule has 0 saturated heterocycles. The molecule has 0 amide bonds. The van der Waals surface area contributed by atoms with Gasteiger partial charge in [-0.1, -0.05) is 30.3 Å². The Labute approximate surface area is 107 Å². The second-order valence-electron chi connectivity index (χ2n) is 4.64. The van der Waals surface area contributed by atoms with Gasteiger partial charge in [0.25, 0.3) is 0 Å². The van der Waals surface area contributed by atoms with E-state index in [1.807, 2.05) is 18.2 Å². The summed E-state index contributed by atoms with van der Waals surface area (Å²) in [6, 6.07) is 12.5. The van der Waals surface area contributed by atoms with E-state index in [4.69, 9.17) is 10.2 Å².